The van der Waals surface area contributed by atoms with Crippen molar-refractivity contribution in [2.24, 2.45) is 4.99 Å². The summed E-state index contributed by atoms with van der Waals surface area (Å²) in [6, 6.07) is 5.34. The molecule has 0 fully saturated rings. The van der Waals surface area contributed by atoms with Gasteiger partial charge in [0.1, 0.15) is 11.5 Å². The van der Waals surface area contributed by atoms with Gasteiger partial charge in [-0.05, 0) is 31.6 Å². The zero-order valence-corrected chi connectivity index (χ0v) is 17.4. The van der Waals surface area contributed by atoms with E-state index in [1.165, 1.54) is 0 Å². The number of nitrogens with zero attached hydrogens (tertiary/aromatic N) is 2. The minimum absolute atomic E-state index is 0.0842. The number of nitrogens with one attached hydrogen (secondary N) is 1. The van der Waals surface area contributed by atoms with Crippen molar-refractivity contribution < 1.29 is 27.4 Å². The number of rotatable bonds is 8. The lowest BCUT2D eigenvalue weighted by Gasteiger charge is -2.32. The van der Waals surface area contributed by atoms with Crippen LogP contribution < -0.4 is 14.2 Å². The van der Waals surface area contributed by atoms with Gasteiger partial charge in [0, 0.05) is 24.4 Å². The number of hydrogen-bond donors (Lipinski definition) is 1. The number of hydrogen-bond acceptors (Lipinski definition) is 8. The fraction of sp³-hybridized carbons (Fsp3) is 0.444. The molecular formula is C18H25N3O6S. The van der Waals surface area contributed by atoms with E-state index in [9.17, 15) is 13.2 Å². The third kappa shape index (κ3) is 5.46. The second-order valence-electron chi connectivity index (χ2n) is 6.12. The number of benzene rings is 1. The Balaban J connectivity index is 2.38. The molecule has 1 N–H and O–H groups in total. The molecule has 0 spiro atoms. The smallest absolute Gasteiger partial charge is 0.356 e. The Morgan fingerprint density at radius 3 is 2.57 bits per heavy atom. The van der Waals surface area contributed by atoms with Crippen molar-refractivity contribution in [1.29, 1.82) is 0 Å². The minimum Gasteiger partial charge on any atom is -0.497 e. The summed E-state index contributed by atoms with van der Waals surface area (Å²) in [7, 11) is -0.487. The number of methoxy groups -OCH3 is 2. The van der Waals surface area contributed by atoms with Crippen LogP contribution in [0.2, 0.25) is 0 Å². The van der Waals surface area contributed by atoms with E-state index in [4.69, 9.17) is 14.2 Å². The number of esters is 1. The van der Waals surface area contributed by atoms with Crippen molar-refractivity contribution in [3.63, 3.8) is 0 Å². The second kappa shape index (κ2) is 9.07. The molecule has 0 aromatic heterocycles. The zero-order valence-electron chi connectivity index (χ0n) is 16.6. The molecule has 28 heavy (non-hydrogen) atoms. The lowest BCUT2D eigenvalue weighted by atomic mass is 10.1. The third-order valence-electron chi connectivity index (χ3n) is 3.93. The van der Waals surface area contributed by atoms with Crippen molar-refractivity contribution in [1.82, 2.24) is 9.62 Å². The molecule has 0 bridgehead atoms. The molecule has 0 saturated heterocycles. The van der Waals surface area contributed by atoms with E-state index in [1.54, 1.807) is 51.3 Å². The first-order chi connectivity index (χ1) is 13.2. The molecule has 0 aliphatic carbocycles. The number of sulfonamides is 1. The van der Waals surface area contributed by atoms with E-state index in [2.05, 4.69) is 9.71 Å². The van der Waals surface area contributed by atoms with E-state index in [0.717, 1.165) is 11.8 Å². The van der Waals surface area contributed by atoms with E-state index < -0.39 is 22.3 Å². The van der Waals surface area contributed by atoms with Crippen molar-refractivity contribution >= 4 is 21.7 Å². The summed E-state index contributed by atoms with van der Waals surface area (Å²) in [6.45, 7) is 3.89. The number of carbonyl (C=O) groups is 1. The van der Waals surface area contributed by atoms with E-state index in [0.29, 0.717) is 17.1 Å². The Labute approximate surface area is 165 Å². The van der Waals surface area contributed by atoms with Gasteiger partial charge in [0.25, 0.3) is 0 Å². The standard InChI is InChI=1S/C18H25N3O6S/c1-6-27-17(22)16-12(2)10-21(18(19-16)20-28(5,23)24)11-13-7-8-14(25-3)9-15(13)26-4/h7-10,18,20H,6,11H2,1-5H3. The summed E-state index contributed by atoms with van der Waals surface area (Å²) in [5, 5.41) is 0. The largest absolute Gasteiger partial charge is 0.497 e. The van der Waals surface area contributed by atoms with Gasteiger partial charge in [-0.2, -0.15) is 4.72 Å². The average Bonchev–Trinajstić information content (AvgIpc) is 2.63. The van der Waals surface area contributed by atoms with Gasteiger partial charge in [-0.1, -0.05) is 0 Å². The minimum atomic E-state index is -3.59. The first-order valence-electron chi connectivity index (χ1n) is 8.56. The molecular weight excluding hydrogens is 386 g/mol. The molecule has 1 aliphatic rings. The molecule has 9 nitrogen and oxygen atoms in total. The van der Waals surface area contributed by atoms with Crippen LogP contribution in [0.15, 0.2) is 35.0 Å². The highest BCUT2D eigenvalue weighted by Crippen LogP contribution is 2.27. The van der Waals surface area contributed by atoms with Crippen LogP contribution in [-0.2, 0) is 26.1 Å². The van der Waals surface area contributed by atoms with Gasteiger partial charge in [0.05, 0.1) is 27.1 Å². The lowest BCUT2D eigenvalue weighted by molar-refractivity contribution is -0.135. The Morgan fingerprint density at radius 1 is 1.29 bits per heavy atom. The average molecular weight is 411 g/mol. The first-order valence-corrected chi connectivity index (χ1v) is 10.4. The quantitative estimate of drug-likeness (QED) is 0.642. The number of aliphatic imine (C=N–C) groups is 1. The predicted molar refractivity (Wildman–Crippen MR) is 105 cm³/mol. The molecule has 0 amide bonds. The van der Waals surface area contributed by atoms with E-state index in [1.807, 2.05) is 6.07 Å². The predicted octanol–water partition coefficient (Wildman–Crippen LogP) is 1.26. The molecule has 1 heterocycles. The summed E-state index contributed by atoms with van der Waals surface area (Å²) >= 11 is 0. The summed E-state index contributed by atoms with van der Waals surface area (Å²) in [5.74, 6) is 0.626. The Hall–Kier alpha value is -2.59. The summed E-state index contributed by atoms with van der Waals surface area (Å²) in [6.07, 6.45) is 1.71. The molecule has 1 atom stereocenters. The van der Waals surface area contributed by atoms with Gasteiger partial charge >= 0.3 is 5.97 Å². The van der Waals surface area contributed by atoms with Crippen LogP contribution in [0.25, 0.3) is 0 Å². The second-order valence-corrected chi connectivity index (χ2v) is 7.90. The third-order valence-corrected chi connectivity index (χ3v) is 4.57. The number of carbonyl (C=O) groups excluding carboxylic acids is 1. The number of ether oxygens (including phenoxy) is 3. The highest BCUT2D eigenvalue weighted by molar-refractivity contribution is 7.88. The monoisotopic (exact) mass is 411 g/mol. The van der Waals surface area contributed by atoms with Crippen molar-refractivity contribution in [3.05, 3.63) is 35.5 Å². The zero-order chi connectivity index (χ0) is 20.9. The van der Waals surface area contributed by atoms with Gasteiger partial charge in [0.15, 0.2) is 12.0 Å². The van der Waals surface area contributed by atoms with Gasteiger partial charge in [-0.15, -0.1) is 0 Å². The molecule has 0 saturated carbocycles. The van der Waals surface area contributed by atoms with Gasteiger partial charge in [-0.25, -0.2) is 18.2 Å². The van der Waals surface area contributed by atoms with Crippen LogP contribution >= 0.6 is 0 Å². The Bertz CT molecular complexity index is 895. The highest BCUT2D eigenvalue weighted by atomic mass is 32.2. The Morgan fingerprint density at radius 2 is 2.00 bits per heavy atom. The molecule has 154 valence electrons. The topological polar surface area (TPSA) is 107 Å². The van der Waals surface area contributed by atoms with Crippen LogP contribution in [0.1, 0.15) is 19.4 Å². The van der Waals surface area contributed by atoms with Gasteiger partial charge in [0.2, 0.25) is 10.0 Å². The van der Waals surface area contributed by atoms with Gasteiger partial charge in [-0.3, -0.25) is 0 Å². The van der Waals surface area contributed by atoms with Crippen LogP contribution in [0.4, 0.5) is 0 Å². The van der Waals surface area contributed by atoms with Crippen LogP contribution in [-0.4, -0.2) is 58.4 Å². The molecule has 1 aliphatic heterocycles. The van der Waals surface area contributed by atoms with Gasteiger partial charge < -0.3 is 19.1 Å². The van der Waals surface area contributed by atoms with E-state index >= 15 is 0 Å². The van der Waals surface area contributed by atoms with Crippen LogP contribution in [0, 0.1) is 0 Å². The van der Waals surface area contributed by atoms with Crippen molar-refractivity contribution in [3.8, 4) is 11.5 Å². The maximum atomic E-state index is 12.1. The Kier molecular flexibility index (Phi) is 7.03. The lowest BCUT2D eigenvalue weighted by Crippen LogP contribution is -2.47. The summed E-state index contributed by atoms with van der Waals surface area (Å²) in [4.78, 5) is 18.1. The van der Waals surface area contributed by atoms with E-state index in [-0.39, 0.29) is 18.9 Å². The molecule has 1 unspecified atom stereocenters. The summed E-state index contributed by atoms with van der Waals surface area (Å²) in [5.41, 5.74) is 1.45. The molecule has 2 rings (SSSR count). The fourth-order valence-electron chi connectivity index (χ4n) is 2.69. The van der Waals surface area contributed by atoms with Crippen molar-refractivity contribution in [2.75, 3.05) is 27.1 Å². The summed E-state index contributed by atoms with van der Waals surface area (Å²) < 4.78 is 41.6. The van der Waals surface area contributed by atoms with Crippen molar-refractivity contribution in [2.45, 2.75) is 26.7 Å². The highest BCUT2D eigenvalue weighted by Gasteiger charge is 2.28. The SMILES string of the molecule is CCOC(=O)C1=NC(NS(C)(=O)=O)N(Cc2ccc(OC)cc2OC)C=C1C. The molecule has 1 aromatic rings. The van der Waals surface area contributed by atoms with Crippen LogP contribution in [0.5, 0.6) is 11.5 Å². The molecule has 1 aromatic carbocycles. The maximum Gasteiger partial charge on any atom is 0.356 e. The maximum absolute atomic E-state index is 12.1. The molecule has 10 heteroatoms. The first kappa shape index (κ1) is 21.7. The normalized spacial score (nSPS) is 16.9. The fourth-order valence-corrected chi connectivity index (χ4v) is 3.26. The molecule has 0 radical (unpaired) electrons. The van der Waals surface area contributed by atoms with Crippen LogP contribution in [0.3, 0.4) is 0 Å².